The van der Waals surface area contributed by atoms with Gasteiger partial charge in [-0.1, -0.05) is 0 Å². The minimum Gasteiger partial charge on any atom is -0.383 e. The van der Waals surface area contributed by atoms with E-state index in [0.717, 1.165) is 55.0 Å². The smallest absolute Gasteiger partial charge is 0.234 e. The maximum Gasteiger partial charge on any atom is 0.234 e. The number of aliphatic imine (C=N–C) groups is 1. The first-order valence-corrected chi connectivity index (χ1v) is 10.3. The maximum atomic E-state index is 13.5. The number of halogens is 1. The fraction of sp³-hybridized carbons (Fsp3) is 0.524. The zero-order chi connectivity index (χ0) is 21.3. The number of guanidine groups is 1. The van der Waals surface area contributed by atoms with Gasteiger partial charge in [0.05, 0.1) is 13.2 Å². The lowest BCUT2D eigenvalue weighted by Gasteiger charge is -2.36. The van der Waals surface area contributed by atoms with E-state index < -0.39 is 0 Å². The summed E-state index contributed by atoms with van der Waals surface area (Å²) in [6, 6.07) is 4.80. The van der Waals surface area contributed by atoms with Gasteiger partial charge in [0.15, 0.2) is 5.96 Å². The fourth-order valence-electron chi connectivity index (χ4n) is 3.67. The molecule has 2 heterocycles. The Morgan fingerprint density at radius 2 is 2.03 bits per heavy atom. The summed E-state index contributed by atoms with van der Waals surface area (Å²) in [4.78, 5) is 23.9. The molecule has 3 N–H and O–H groups in total. The van der Waals surface area contributed by atoms with Gasteiger partial charge in [-0.2, -0.15) is 0 Å². The maximum absolute atomic E-state index is 13.5. The van der Waals surface area contributed by atoms with E-state index in [1.165, 1.54) is 6.07 Å². The van der Waals surface area contributed by atoms with E-state index in [2.05, 4.69) is 30.4 Å². The van der Waals surface area contributed by atoms with Gasteiger partial charge in [0.2, 0.25) is 5.91 Å². The molecule has 1 aliphatic heterocycles. The Morgan fingerprint density at radius 3 is 2.77 bits per heavy atom. The first kappa shape index (κ1) is 22.0. The van der Waals surface area contributed by atoms with Crippen LogP contribution in [0.15, 0.2) is 29.4 Å². The van der Waals surface area contributed by atoms with Crippen LogP contribution in [0.2, 0.25) is 0 Å². The first-order valence-electron chi connectivity index (χ1n) is 10.3. The predicted octanol–water partition coefficient (Wildman–Crippen LogP) is 0.805. The molecule has 1 aromatic heterocycles. The van der Waals surface area contributed by atoms with E-state index in [1.807, 2.05) is 6.20 Å². The van der Waals surface area contributed by atoms with Gasteiger partial charge in [0, 0.05) is 70.5 Å². The number of carbonyl (C=O) groups is 1. The highest BCUT2D eigenvalue weighted by Gasteiger charge is 2.21. The third-order valence-corrected chi connectivity index (χ3v) is 5.29. The lowest BCUT2D eigenvalue weighted by Crippen LogP contribution is -2.54. The number of nitrogens with zero attached hydrogens (tertiary/aromatic N) is 3. The van der Waals surface area contributed by atoms with Gasteiger partial charge in [-0.25, -0.2) is 4.39 Å². The molecule has 0 unspecified atom stereocenters. The summed E-state index contributed by atoms with van der Waals surface area (Å²) in [6.45, 7) is 5.40. The minimum absolute atomic E-state index is 0.0261. The summed E-state index contributed by atoms with van der Waals surface area (Å²) in [7, 11) is 3.39. The zero-order valence-electron chi connectivity index (χ0n) is 17.7. The number of hydrogen-bond acceptors (Lipinski definition) is 4. The quantitative estimate of drug-likeness (QED) is 0.336. The van der Waals surface area contributed by atoms with Crippen molar-refractivity contribution in [3.05, 3.63) is 35.8 Å². The summed E-state index contributed by atoms with van der Waals surface area (Å²) in [6.07, 6.45) is 2.70. The number of fused-ring (bicyclic) bond motifs is 1. The van der Waals surface area contributed by atoms with E-state index in [0.29, 0.717) is 26.2 Å². The van der Waals surface area contributed by atoms with Gasteiger partial charge >= 0.3 is 0 Å². The van der Waals surface area contributed by atoms with Gasteiger partial charge in [-0.3, -0.25) is 14.7 Å². The second-order valence-electron chi connectivity index (χ2n) is 7.33. The molecule has 0 spiro atoms. The van der Waals surface area contributed by atoms with E-state index in [4.69, 9.17) is 4.74 Å². The molecule has 8 nitrogen and oxygen atoms in total. The summed E-state index contributed by atoms with van der Waals surface area (Å²) in [5, 5.41) is 7.18. The van der Waals surface area contributed by atoms with Crippen LogP contribution in [0.25, 0.3) is 10.9 Å². The van der Waals surface area contributed by atoms with Gasteiger partial charge in [-0.15, -0.1) is 0 Å². The van der Waals surface area contributed by atoms with Crippen LogP contribution in [0, 0.1) is 5.82 Å². The number of piperazine rings is 1. The molecule has 30 heavy (non-hydrogen) atoms. The van der Waals surface area contributed by atoms with Crippen molar-refractivity contribution in [1.29, 1.82) is 0 Å². The van der Waals surface area contributed by atoms with Crippen molar-refractivity contribution in [2.75, 3.05) is 66.6 Å². The number of amides is 1. The van der Waals surface area contributed by atoms with Crippen LogP contribution in [0.1, 0.15) is 5.56 Å². The van der Waals surface area contributed by atoms with E-state index in [-0.39, 0.29) is 11.7 Å². The number of aromatic nitrogens is 1. The van der Waals surface area contributed by atoms with Crippen LogP contribution in [0.5, 0.6) is 0 Å². The van der Waals surface area contributed by atoms with Crippen LogP contribution in [0.3, 0.4) is 0 Å². The Labute approximate surface area is 176 Å². The highest BCUT2D eigenvalue weighted by atomic mass is 19.1. The molecule has 1 saturated heterocycles. The third-order valence-electron chi connectivity index (χ3n) is 5.29. The highest BCUT2D eigenvalue weighted by Crippen LogP contribution is 2.19. The van der Waals surface area contributed by atoms with Crippen LogP contribution < -0.4 is 10.6 Å². The molecule has 1 aromatic carbocycles. The summed E-state index contributed by atoms with van der Waals surface area (Å²) < 4.78 is 18.5. The number of aromatic amines is 1. The molecule has 1 aliphatic rings. The van der Waals surface area contributed by atoms with Crippen LogP contribution >= 0.6 is 0 Å². The molecule has 1 amide bonds. The average molecular weight is 419 g/mol. The number of benzene rings is 1. The van der Waals surface area contributed by atoms with E-state index >= 15 is 0 Å². The number of methoxy groups -OCH3 is 1. The van der Waals surface area contributed by atoms with E-state index in [1.54, 1.807) is 26.3 Å². The van der Waals surface area contributed by atoms with Crippen molar-refractivity contribution in [1.82, 2.24) is 25.4 Å². The molecule has 0 aliphatic carbocycles. The van der Waals surface area contributed by atoms with Gasteiger partial charge in [-0.05, 0) is 30.2 Å². The van der Waals surface area contributed by atoms with Crippen molar-refractivity contribution in [3.8, 4) is 0 Å². The van der Waals surface area contributed by atoms with Crippen molar-refractivity contribution in [3.63, 3.8) is 0 Å². The number of H-pyrrole nitrogens is 1. The second-order valence-corrected chi connectivity index (χ2v) is 7.33. The number of ether oxygens (including phenoxy) is 1. The van der Waals surface area contributed by atoms with Gasteiger partial charge in [0.1, 0.15) is 5.82 Å². The van der Waals surface area contributed by atoms with Crippen molar-refractivity contribution in [2.45, 2.75) is 6.42 Å². The van der Waals surface area contributed by atoms with Gasteiger partial charge < -0.3 is 25.3 Å². The molecule has 0 bridgehead atoms. The summed E-state index contributed by atoms with van der Waals surface area (Å²) in [5.41, 5.74) is 2.02. The Hall–Kier alpha value is -2.65. The highest BCUT2D eigenvalue weighted by molar-refractivity contribution is 5.83. The molecular formula is C21H31FN6O2. The molecule has 164 valence electrons. The Kier molecular flexibility index (Phi) is 8.04. The number of hydrogen-bond donors (Lipinski definition) is 3. The number of carbonyl (C=O) groups excluding carboxylic acids is 1. The third kappa shape index (κ3) is 5.93. The average Bonchev–Trinajstić information content (AvgIpc) is 3.14. The van der Waals surface area contributed by atoms with Gasteiger partial charge in [0.25, 0.3) is 0 Å². The normalized spacial score (nSPS) is 15.6. The van der Waals surface area contributed by atoms with Crippen molar-refractivity contribution in [2.24, 2.45) is 4.99 Å². The van der Waals surface area contributed by atoms with Crippen LogP contribution in [-0.4, -0.2) is 93.2 Å². The summed E-state index contributed by atoms with van der Waals surface area (Å²) in [5.74, 6) is 0.653. The largest absolute Gasteiger partial charge is 0.383 e. The topological polar surface area (TPSA) is 85.0 Å². The standard InChI is InChI=1S/C21H31FN6O2/c1-23-21(25-6-5-16-14-26-19-4-3-17(22)13-18(16)19)28-10-8-27(9-11-28)15-20(29)24-7-12-30-2/h3-4,13-14,26H,5-12,15H2,1-2H3,(H,23,25)(H,24,29). The summed E-state index contributed by atoms with van der Waals surface area (Å²) >= 11 is 0. The van der Waals surface area contributed by atoms with Crippen molar-refractivity contribution >= 4 is 22.8 Å². The Balaban J connectivity index is 1.42. The molecule has 0 saturated carbocycles. The van der Waals surface area contributed by atoms with Crippen molar-refractivity contribution < 1.29 is 13.9 Å². The number of rotatable bonds is 8. The molecule has 9 heteroatoms. The minimum atomic E-state index is -0.225. The molecule has 0 radical (unpaired) electrons. The Bertz CT molecular complexity index is 860. The Morgan fingerprint density at radius 1 is 1.23 bits per heavy atom. The lowest BCUT2D eigenvalue weighted by molar-refractivity contribution is -0.122. The monoisotopic (exact) mass is 418 g/mol. The fourth-order valence-corrected chi connectivity index (χ4v) is 3.67. The first-order chi connectivity index (χ1) is 14.6. The van der Waals surface area contributed by atoms with Crippen LogP contribution in [0.4, 0.5) is 4.39 Å². The van der Waals surface area contributed by atoms with Crippen LogP contribution in [-0.2, 0) is 16.0 Å². The second kappa shape index (κ2) is 10.9. The molecule has 1 fully saturated rings. The lowest BCUT2D eigenvalue weighted by atomic mass is 10.1. The molecular weight excluding hydrogens is 387 g/mol. The predicted molar refractivity (Wildman–Crippen MR) is 116 cm³/mol. The van der Waals surface area contributed by atoms with E-state index in [9.17, 15) is 9.18 Å². The zero-order valence-corrected chi connectivity index (χ0v) is 17.7. The molecule has 3 rings (SSSR count). The SMILES string of the molecule is CN=C(NCCc1c[nH]c2ccc(F)cc12)N1CCN(CC(=O)NCCOC)CC1. The number of nitrogens with one attached hydrogen (secondary N) is 3. The molecule has 0 atom stereocenters. The molecule has 2 aromatic rings.